The van der Waals surface area contributed by atoms with E-state index in [-0.39, 0.29) is 22.4 Å². The number of carboxylic acid groups (broad SMARTS) is 2. The van der Waals surface area contributed by atoms with E-state index in [9.17, 15) is 13.2 Å². The van der Waals surface area contributed by atoms with Gasteiger partial charge in [0, 0.05) is 28.3 Å². The molecule has 1 radical (unpaired) electrons. The van der Waals surface area contributed by atoms with Crippen LogP contribution < -0.4 is 10.2 Å². The van der Waals surface area contributed by atoms with Crippen molar-refractivity contribution in [2.45, 2.75) is 13.1 Å². The summed E-state index contributed by atoms with van der Waals surface area (Å²) >= 11 is 0. The molecule has 0 aliphatic rings. The zero-order valence-corrected chi connectivity index (χ0v) is 7.05. The van der Waals surface area contributed by atoms with Crippen molar-refractivity contribution in [1.29, 1.82) is 0 Å². The van der Waals surface area contributed by atoms with Crippen LogP contribution in [0.3, 0.4) is 0 Å². The minimum atomic E-state index is -5.19. The Morgan fingerprint density at radius 2 is 1.25 bits per heavy atom. The Hall–Kier alpha value is -0.530. The van der Waals surface area contributed by atoms with Crippen LogP contribution in [0.2, 0.25) is 0 Å². The second kappa shape index (κ2) is 7.14. The number of alkyl halides is 3. The van der Waals surface area contributed by atoms with Gasteiger partial charge in [0.05, 0.1) is 0 Å². The molecule has 77 valence electrons. The molecular weight excluding hydrogens is 277 g/mol. The Morgan fingerprint density at radius 1 is 1.17 bits per heavy atom. The van der Waals surface area contributed by atoms with Gasteiger partial charge in [0.2, 0.25) is 0 Å². The second-order valence-electron chi connectivity index (χ2n) is 1.28. The summed E-state index contributed by atoms with van der Waals surface area (Å²) in [6.45, 7) is 0.972. The van der Waals surface area contributed by atoms with E-state index in [4.69, 9.17) is 19.8 Å². The van der Waals surface area contributed by atoms with Gasteiger partial charge in [-0.3, -0.25) is 0 Å². The van der Waals surface area contributed by atoms with E-state index in [1.165, 1.54) is 0 Å². The molecule has 0 aromatic heterocycles. The van der Waals surface area contributed by atoms with Crippen LogP contribution in [0.15, 0.2) is 0 Å². The van der Waals surface area contributed by atoms with Crippen LogP contribution in [0.25, 0.3) is 0 Å². The molecule has 0 aromatic carbocycles. The van der Waals surface area contributed by atoms with Crippen LogP contribution in [0.5, 0.6) is 0 Å². The van der Waals surface area contributed by atoms with E-state index in [1.807, 2.05) is 0 Å². The van der Waals surface area contributed by atoms with Gasteiger partial charge >= 0.3 is 6.18 Å². The normalized spacial score (nSPS) is 8.67. The quantitative estimate of drug-likeness (QED) is 0.483. The molecule has 4 nitrogen and oxygen atoms in total. The molecular formula is C4H3AgF3O4-2. The number of hydrogen-bond acceptors (Lipinski definition) is 4. The monoisotopic (exact) mass is 279 g/mol. The molecule has 0 saturated heterocycles. The fourth-order valence-corrected chi connectivity index (χ4v) is 0. The number of carbonyl (C=O) groups is 2. The standard InChI is InChI=1S/C2HF3O2.C2H4O2.Ag/c3-2(4,5)1(6)7;1-2(3)4;/h(H,6,7);1H3,(H,3,4);/p-2. The number of aliphatic carboxylic acids is 2. The van der Waals surface area contributed by atoms with E-state index < -0.39 is 18.1 Å². The Morgan fingerprint density at radius 3 is 1.25 bits per heavy atom. The van der Waals surface area contributed by atoms with Crippen molar-refractivity contribution in [2.24, 2.45) is 0 Å². The van der Waals surface area contributed by atoms with Gasteiger partial charge in [-0.1, -0.05) is 0 Å². The first kappa shape index (κ1) is 17.5. The third-order valence-corrected chi connectivity index (χ3v) is 0.231. The average molecular weight is 280 g/mol. The summed E-state index contributed by atoms with van der Waals surface area (Å²) in [4.78, 5) is 17.7. The SMILES string of the molecule is CC(=O)[O-].O=C([O-])C(F)(F)F.[Ag]. The first-order valence-corrected chi connectivity index (χ1v) is 2.13. The molecule has 0 saturated carbocycles. The van der Waals surface area contributed by atoms with Gasteiger partial charge in [0.1, 0.15) is 5.97 Å². The number of hydrogen-bond donors (Lipinski definition) is 0. The molecule has 0 aromatic rings. The molecule has 12 heavy (non-hydrogen) atoms. The fourth-order valence-electron chi connectivity index (χ4n) is 0. The van der Waals surface area contributed by atoms with Crippen molar-refractivity contribution in [3.8, 4) is 0 Å². The zero-order valence-electron chi connectivity index (χ0n) is 5.57. The smallest absolute Gasteiger partial charge is 0.430 e. The average Bonchev–Trinajstić information content (AvgIpc) is 1.59. The van der Waals surface area contributed by atoms with Gasteiger partial charge in [-0.25, -0.2) is 0 Å². The maximum Gasteiger partial charge on any atom is 0.430 e. The van der Waals surface area contributed by atoms with Crippen LogP contribution in [0.1, 0.15) is 6.92 Å². The third-order valence-electron chi connectivity index (χ3n) is 0.231. The van der Waals surface area contributed by atoms with E-state index in [1.54, 1.807) is 0 Å². The summed E-state index contributed by atoms with van der Waals surface area (Å²) in [5.41, 5.74) is 0. The zero-order chi connectivity index (χ0) is 9.65. The van der Waals surface area contributed by atoms with Crippen LogP contribution >= 0.6 is 0 Å². The molecule has 0 heterocycles. The van der Waals surface area contributed by atoms with E-state index in [0.717, 1.165) is 6.92 Å². The molecule has 0 unspecified atom stereocenters. The van der Waals surface area contributed by atoms with Crippen molar-refractivity contribution in [3.63, 3.8) is 0 Å². The molecule has 0 rings (SSSR count). The molecule has 0 bridgehead atoms. The molecule has 0 amide bonds. The Balaban J connectivity index is -0.000000142. The Labute approximate surface area is 80.9 Å². The minimum absolute atomic E-state index is 0. The third kappa shape index (κ3) is 22.7. The number of carboxylic acids is 2. The number of rotatable bonds is 0. The summed E-state index contributed by atoms with van der Waals surface area (Å²) < 4.78 is 31.5. The van der Waals surface area contributed by atoms with Crippen molar-refractivity contribution in [2.75, 3.05) is 0 Å². The maximum atomic E-state index is 10.5. The largest absolute Gasteiger partial charge is 0.550 e. The van der Waals surface area contributed by atoms with Gasteiger partial charge in [-0.2, -0.15) is 13.2 Å². The summed E-state index contributed by atoms with van der Waals surface area (Å²) in [5.74, 6) is -4.09. The molecule has 0 N–H and O–H groups in total. The van der Waals surface area contributed by atoms with Crippen LogP contribution in [0, 0.1) is 0 Å². The number of carbonyl (C=O) groups excluding carboxylic acids is 2. The molecule has 0 spiro atoms. The second-order valence-corrected chi connectivity index (χ2v) is 1.28. The van der Waals surface area contributed by atoms with E-state index in [0.29, 0.717) is 0 Å². The van der Waals surface area contributed by atoms with Crippen molar-refractivity contribution in [3.05, 3.63) is 0 Å². The topological polar surface area (TPSA) is 80.3 Å². The van der Waals surface area contributed by atoms with Crippen LogP contribution in [-0.2, 0) is 32.0 Å². The molecule has 0 aliphatic heterocycles. The van der Waals surface area contributed by atoms with E-state index in [2.05, 4.69) is 0 Å². The predicted octanol–water partition coefficient (Wildman–Crippen LogP) is -1.95. The maximum absolute atomic E-state index is 10.5. The molecule has 0 aliphatic carbocycles. The van der Waals surface area contributed by atoms with Gasteiger partial charge in [0.15, 0.2) is 0 Å². The molecule has 0 fully saturated rings. The van der Waals surface area contributed by atoms with Crippen LogP contribution in [-0.4, -0.2) is 18.1 Å². The summed E-state index contributed by atoms with van der Waals surface area (Å²) in [5, 5.41) is 17.7. The van der Waals surface area contributed by atoms with Gasteiger partial charge in [-0.15, -0.1) is 0 Å². The van der Waals surface area contributed by atoms with E-state index >= 15 is 0 Å². The predicted molar refractivity (Wildman–Crippen MR) is 21.7 cm³/mol. The molecule has 0 atom stereocenters. The van der Waals surface area contributed by atoms with Gasteiger partial charge in [-0.05, 0) is 6.92 Å². The van der Waals surface area contributed by atoms with Crippen molar-refractivity contribution >= 4 is 11.9 Å². The summed E-state index contributed by atoms with van der Waals surface area (Å²) in [6.07, 6.45) is -5.19. The van der Waals surface area contributed by atoms with Crippen molar-refractivity contribution < 1.29 is 55.4 Å². The Kier molecular flexibility index (Phi) is 10.4. The summed E-state index contributed by atoms with van der Waals surface area (Å²) in [7, 11) is 0. The number of halogens is 3. The fraction of sp³-hybridized carbons (Fsp3) is 0.500. The Bertz CT molecular complexity index is 151. The van der Waals surface area contributed by atoms with Gasteiger partial charge < -0.3 is 19.8 Å². The first-order chi connectivity index (χ1) is 4.68. The minimum Gasteiger partial charge on any atom is -0.550 e. The first-order valence-electron chi connectivity index (χ1n) is 2.13. The summed E-state index contributed by atoms with van der Waals surface area (Å²) in [6, 6.07) is 0. The molecule has 8 heteroatoms. The van der Waals surface area contributed by atoms with Crippen molar-refractivity contribution in [1.82, 2.24) is 0 Å². The van der Waals surface area contributed by atoms with Gasteiger partial charge in [0.25, 0.3) is 0 Å². The van der Waals surface area contributed by atoms with Crippen LogP contribution in [0.4, 0.5) is 13.2 Å².